The van der Waals surface area contributed by atoms with E-state index in [2.05, 4.69) is 111 Å². The second-order valence-electron chi connectivity index (χ2n) is 27.6. The molecule has 0 saturated heterocycles. The fourth-order valence-electron chi connectivity index (χ4n) is 11.3. The molecule has 538 valence electrons. The quantitative estimate of drug-likeness (QED) is 0.0211. The van der Waals surface area contributed by atoms with Gasteiger partial charge in [0.05, 0.1) is 34.4 Å². The largest absolute Gasteiger partial charge is 0.477 e. The van der Waals surface area contributed by atoms with Gasteiger partial charge in [-0.1, -0.05) is 349 Å². The van der Waals surface area contributed by atoms with Gasteiger partial charge in [-0.25, -0.2) is 4.79 Å². The predicted octanol–water partition coefficient (Wildman–Crippen LogP) is 25.1. The monoisotopic (exact) mass is 1300 g/mol. The molecule has 2 atom stereocenters. The van der Waals surface area contributed by atoms with Gasteiger partial charge in [-0.15, -0.1) is 0 Å². The van der Waals surface area contributed by atoms with Gasteiger partial charge in [0.2, 0.25) is 0 Å². The number of quaternary nitrogens is 1. The Morgan fingerprint density at radius 2 is 0.613 bits per heavy atom. The van der Waals surface area contributed by atoms with Crippen molar-refractivity contribution in [2.45, 2.75) is 373 Å². The van der Waals surface area contributed by atoms with E-state index in [4.69, 9.17) is 18.9 Å². The fraction of sp³-hybridized carbons (Fsp3) is 0.774. The van der Waals surface area contributed by atoms with Gasteiger partial charge in [0.1, 0.15) is 13.2 Å². The number of aliphatic carboxylic acids is 1. The predicted molar refractivity (Wildman–Crippen MR) is 401 cm³/mol. The zero-order chi connectivity index (χ0) is 67.5. The van der Waals surface area contributed by atoms with Gasteiger partial charge < -0.3 is 28.5 Å². The Bertz CT molecular complexity index is 1850. The van der Waals surface area contributed by atoms with Crippen LogP contribution in [0.2, 0.25) is 0 Å². The third-order valence-electron chi connectivity index (χ3n) is 17.3. The summed E-state index contributed by atoms with van der Waals surface area (Å²) >= 11 is 0. The molecule has 0 aliphatic rings. The van der Waals surface area contributed by atoms with Gasteiger partial charge in [-0.05, 0) is 96.3 Å². The molecule has 2 unspecified atom stereocenters. The fourth-order valence-corrected chi connectivity index (χ4v) is 11.3. The standard InChI is InChI=1S/C84H149NO8/c1-6-8-10-12-14-16-18-20-22-24-26-28-30-32-34-36-38-40-41-43-45-47-49-51-53-55-57-59-61-63-65-67-69-71-73-75-82(87)93-80(79-92-84(83(88)89)90-77-76-85(3,4)5)78-91-81(86)74-72-70-68-66-64-62-60-58-56-54-52-50-48-46-44-42-39-37-35-33-31-29-27-25-23-21-19-17-15-13-11-9-7-2/h8,10,14,16,19-22,25-28,31-34,80,84H,6-7,9,11-13,15,17-18,23-24,29-30,35-79H2,1-5H3/p+1/b10-8-,16-14-,21-19-,22-20-,27-25-,28-26-,33-31-,34-32-. The molecular formula is C84H150NO8+. The summed E-state index contributed by atoms with van der Waals surface area (Å²) in [6.07, 6.45) is 99.8. The van der Waals surface area contributed by atoms with Gasteiger partial charge in [0.15, 0.2) is 6.10 Å². The maximum atomic E-state index is 13.0. The van der Waals surface area contributed by atoms with Crippen LogP contribution in [0.3, 0.4) is 0 Å². The molecule has 9 nitrogen and oxygen atoms in total. The Morgan fingerprint density at radius 3 is 0.914 bits per heavy atom. The average molecular weight is 1300 g/mol. The van der Waals surface area contributed by atoms with Crippen LogP contribution >= 0.6 is 0 Å². The first-order valence-corrected chi connectivity index (χ1v) is 39.4. The zero-order valence-corrected chi connectivity index (χ0v) is 61.7. The van der Waals surface area contributed by atoms with Crippen LogP contribution in [0.15, 0.2) is 97.2 Å². The van der Waals surface area contributed by atoms with E-state index in [1.165, 1.54) is 250 Å². The maximum Gasteiger partial charge on any atom is 0.361 e. The number of unbranched alkanes of at least 4 members (excludes halogenated alkanes) is 42. The molecule has 0 amide bonds. The molecule has 0 bridgehead atoms. The first-order chi connectivity index (χ1) is 45.6. The molecule has 93 heavy (non-hydrogen) atoms. The van der Waals surface area contributed by atoms with Crippen LogP contribution in [0.25, 0.3) is 0 Å². The van der Waals surface area contributed by atoms with Gasteiger partial charge >= 0.3 is 17.9 Å². The minimum Gasteiger partial charge on any atom is -0.477 e. The molecule has 0 aliphatic carbocycles. The number of carbonyl (C=O) groups is 3. The van der Waals surface area contributed by atoms with E-state index in [0.717, 1.165) is 83.5 Å². The Hall–Kier alpha value is -3.79. The number of ether oxygens (including phenoxy) is 4. The minimum atomic E-state index is -1.51. The van der Waals surface area contributed by atoms with E-state index in [0.29, 0.717) is 17.4 Å². The number of carboxylic acids is 1. The summed E-state index contributed by atoms with van der Waals surface area (Å²) in [5.41, 5.74) is 0. The molecule has 0 aliphatic heterocycles. The van der Waals surface area contributed by atoms with Crippen LogP contribution in [-0.4, -0.2) is 87.4 Å². The first kappa shape index (κ1) is 89.2. The van der Waals surface area contributed by atoms with Gasteiger partial charge in [-0.3, -0.25) is 9.59 Å². The van der Waals surface area contributed by atoms with Crippen molar-refractivity contribution >= 4 is 17.9 Å². The highest BCUT2D eigenvalue weighted by molar-refractivity contribution is 5.71. The molecule has 9 heteroatoms. The first-order valence-electron chi connectivity index (χ1n) is 39.4. The van der Waals surface area contributed by atoms with Crippen molar-refractivity contribution in [3.05, 3.63) is 97.2 Å². The Labute approximate surface area is 575 Å². The third kappa shape index (κ3) is 75.5. The normalized spacial score (nSPS) is 13.2. The van der Waals surface area contributed by atoms with E-state index in [9.17, 15) is 19.5 Å². The molecule has 0 heterocycles. The van der Waals surface area contributed by atoms with E-state index in [-0.39, 0.29) is 38.2 Å². The molecule has 0 aromatic heterocycles. The van der Waals surface area contributed by atoms with E-state index in [1.807, 2.05) is 21.1 Å². The third-order valence-corrected chi connectivity index (χ3v) is 17.3. The van der Waals surface area contributed by atoms with E-state index in [1.54, 1.807) is 0 Å². The summed E-state index contributed by atoms with van der Waals surface area (Å²) in [6.45, 7) is 4.80. The molecule has 0 rings (SSSR count). The number of nitrogens with zero attached hydrogens (tertiary/aromatic N) is 1. The maximum absolute atomic E-state index is 13.0. The lowest BCUT2D eigenvalue weighted by molar-refractivity contribution is -0.870. The second-order valence-corrected chi connectivity index (χ2v) is 27.6. The second kappa shape index (κ2) is 74.0. The van der Waals surface area contributed by atoms with Crippen molar-refractivity contribution in [1.29, 1.82) is 0 Å². The number of likely N-dealkylation sites (N-methyl/N-ethyl adjacent to an activating group) is 1. The smallest absolute Gasteiger partial charge is 0.361 e. The van der Waals surface area contributed by atoms with Gasteiger partial charge in [-0.2, -0.15) is 0 Å². The molecular weight excluding hydrogens is 1150 g/mol. The van der Waals surface area contributed by atoms with Gasteiger partial charge in [0, 0.05) is 12.8 Å². The summed E-state index contributed by atoms with van der Waals surface area (Å²) in [5.74, 6) is -1.98. The molecule has 0 aromatic carbocycles. The van der Waals surface area contributed by atoms with Crippen molar-refractivity contribution in [1.82, 2.24) is 0 Å². The van der Waals surface area contributed by atoms with Crippen LogP contribution in [0.5, 0.6) is 0 Å². The number of carboxylic acid groups (broad SMARTS) is 1. The molecule has 0 spiro atoms. The van der Waals surface area contributed by atoms with Crippen LogP contribution in [0, 0.1) is 0 Å². The Morgan fingerprint density at radius 1 is 0.333 bits per heavy atom. The van der Waals surface area contributed by atoms with Crippen LogP contribution in [-0.2, 0) is 33.3 Å². The average Bonchev–Trinajstić information content (AvgIpc) is 3.74. The van der Waals surface area contributed by atoms with E-state index < -0.39 is 18.4 Å². The summed E-state index contributed by atoms with van der Waals surface area (Å²) in [5, 5.41) is 9.77. The highest BCUT2D eigenvalue weighted by atomic mass is 16.7. The number of hydrogen-bond acceptors (Lipinski definition) is 7. The minimum absolute atomic E-state index is 0.181. The highest BCUT2D eigenvalue weighted by Gasteiger charge is 2.25. The molecule has 1 N–H and O–H groups in total. The number of esters is 2. The number of carbonyl (C=O) groups excluding carboxylic acids is 2. The highest BCUT2D eigenvalue weighted by Crippen LogP contribution is 2.19. The van der Waals surface area contributed by atoms with Crippen LogP contribution in [0.1, 0.15) is 361 Å². The lowest BCUT2D eigenvalue weighted by atomic mass is 10.0. The van der Waals surface area contributed by atoms with Crippen molar-refractivity contribution in [2.24, 2.45) is 0 Å². The molecule has 0 saturated carbocycles. The number of allylic oxidation sites excluding steroid dienone is 16. The van der Waals surface area contributed by atoms with Crippen molar-refractivity contribution in [2.75, 3.05) is 47.5 Å². The van der Waals surface area contributed by atoms with Gasteiger partial charge in [0.25, 0.3) is 6.29 Å². The topological polar surface area (TPSA) is 108 Å². The summed E-state index contributed by atoms with van der Waals surface area (Å²) in [6, 6.07) is 0. The van der Waals surface area contributed by atoms with Crippen LogP contribution < -0.4 is 0 Å². The van der Waals surface area contributed by atoms with E-state index >= 15 is 0 Å². The Balaban J connectivity index is 4.02. The lowest BCUT2D eigenvalue weighted by Gasteiger charge is -2.25. The van der Waals surface area contributed by atoms with Crippen molar-refractivity contribution in [3.63, 3.8) is 0 Å². The lowest BCUT2D eigenvalue weighted by Crippen LogP contribution is -2.40. The SMILES string of the molecule is CC/C=C\C/C=C\C/C=C\C/C=C\C/C=C\CCCCCCCCCCCCCCCCCCCCCC(=O)OC(COC(=O)CCCCCCCCCCCCCCCCCCCC/C=C\C/C=C\C/C=C\CCCCCCC)COC(OCC[N+](C)(C)C)C(=O)O. The van der Waals surface area contributed by atoms with Crippen molar-refractivity contribution in [3.8, 4) is 0 Å². The summed E-state index contributed by atoms with van der Waals surface area (Å²) in [4.78, 5) is 37.7. The summed E-state index contributed by atoms with van der Waals surface area (Å²) < 4.78 is 23.1. The summed E-state index contributed by atoms with van der Waals surface area (Å²) in [7, 11) is 5.99. The number of hydrogen-bond donors (Lipinski definition) is 1. The molecule has 0 radical (unpaired) electrons. The molecule has 0 fully saturated rings. The molecule has 0 aromatic rings. The Kier molecular flexibility index (Phi) is 71.0. The zero-order valence-electron chi connectivity index (χ0n) is 61.7. The number of rotatable bonds is 73. The van der Waals surface area contributed by atoms with Crippen molar-refractivity contribution < 1.29 is 42.9 Å². The van der Waals surface area contributed by atoms with Crippen LogP contribution in [0.4, 0.5) is 0 Å².